The van der Waals surface area contributed by atoms with E-state index >= 15 is 0 Å². The molecule has 0 bridgehead atoms. The first kappa shape index (κ1) is 11.6. The van der Waals surface area contributed by atoms with Gasteiger partial charge in [0.25, 0.3) is 0 Å². The molecular weight excluding hydrogens is 202 g/mol. The maximum Gasteiger partial charge on any atom is 0.0884 e. The summed E-state index contributed by atoms with van der Waals surface area (Å²) in [4.78, 5) is 0. The number of aryl methyl sites for hydroxylation is 2. The largest absolute Gasteiger partial charge is 0.375 e. The van der Waals surface area contributed by atoms with Gasteiger partial charge in [0.05, 0.1) is 24.6 Å². The van der Waals surface area contributed by atoms with Crippen molar-refractivity contribution in [1.29, 1.82) is 0 Å². The lowest BCUT2D eigenvalue weighted by Crippen LogP contribution is -2.29. The molecule has 1 aliphatic heterocycles. The molecule has 0 saturated carbocycles. The molecule has 1 fully saturated rings. The van der Waals surface area contributed by atoms with Gasteiger partial charge in [-0.15, -0.1) is 0 Å². The summed E-state index contributed by atoms with van der Waals surface area (Å²) in [7, 11) is 1.97. The quantitative estimate of drug-likeness (QED) is 0.835. The van der Waals surface area contributed by atoms with Crippen LogP contribution in [-0.2, 0) is 18.4 Å². The predicted octanol–water partition coefficient (Wildman–Crippen LogP) is 1.24. The van der Waals surface area contributed by atoms with Crippen LogP contribution < -0.4 is 5.32 Å². The van der Waals surface area contributed by atoms with E-state index in [9.17, 15) is 0 Å². The summed E-state index contributed by atoms with van der Waals surface area (Å²) in [5, 5.41) is 7.67. The molecule has 0 amide bonds. The first-order valence-corrected chi connectivity index (χ1v) is 6.03. The van der Waals surface area contributed by atoms with Crippen LogP contribution in [0.1, 0.15) is 24.2 Å². The molecule has 2 heterocycles. The van der Waals surface area contributed by atoms with Gasteiger partial charge in [-0.05, 0) is 44.8 Å². The Balaban J connectivity index is 1.73. The highest BCUT2D eigenvalue weighted by atomic mass is 16.5. The summed E-state index contributed by atoms with van der Waals surface area (Å²) in [6.45, 7) is 5.85. The maximum atomic E-state index is 5.76. The van der Waals surface area contributed by atoms with Crippen LogP contribution in [0.4, 0.5) is 0 Å². The van der Waals surface area contributed by atoms with Gasteiger partial charge in [-0.1, -0.05) is 0 Å². The Kier molecular flexibility index (Phi) is 3.96. The highest BCUT2D eigenvalue weighted by molar-refractivity contribution is 5.07. The number of ether oxygens (including phenoxy) is 1. The fourth-order valence-electron chi connectivity index (χ4n) is 2.18. The average molecular weight is 223 g/mol. The Morgan fingerprint density at radius 2 is 2.25 bits per heavy atom. The molecule has 16 heavy (non-hydrogen) atoms. The molecule has 0 atom stereocenters. The lowest BCUT2D eigenvalue weighted by molar-refractivity contribution is 0.0726. The molecule has 2 rings (SSSR count). The van der Waals surface area contributed by atoms with Gasteiger partial charge >= 0.3 is 0 Å². The van der Waals surface area contributed by atoms with Crippen molar-refractivity contribution in [2.24, 2.45) is 13.0 Å². The molecule has 4 heteroatoms. The Morgan fingerprint density at radius 3 is 2.88 bits per heavy atom. The van der Waals surface area contributed by atoms with Crippen molar-refractivity contribution < 1.29 is 4.74 Å². The number of rotatable bonds is 4. The lowest BCUT2D eigenvalue weighted by atomic mass is 9.99. The van der Waals surface area contributed by atoms with Crippen LogP contribution >= 0.6 is 0 Å². The third-order valence-electron chi connectivity index (χ3n) is 3.16. The Hall–Kier alpha value is -0.870. The molecule has 0 aliphatic carbocycles. The smallest absolute Gasteiger partial charge is 0.0884 e. The molecular formula is C12H21N3O. The minimum Gasteiger partial charge on any atom is -0.375 e. The summed E-state index contributed by atoms with van der Waals surface area (Å²) in [6.07, 6.45) is 2.48. The second kappa shape index (κ2) is 5.46. The molecule has 1 saturated heterocycles. The average Bonchev–Trinajstić information content (AvgIpc) is 2.59. The van der Waals surface area contributed by atoms with Crippen LogP contribution in [0.15, 0.2) is 6.07 Å². The summed E-state index contributed by atoms with van der Waals surface area (Å²) in [5.41, 5.74) is 2.22. The van der Waals surface area contributed by atoms with E-state index in [1.807, 2.05) is 18.7 Å². The van der Waals surface area contributed by atoms with Crippen LogP contribution in [0.3, 0.4) is 0 Å². The molecule has 1 aromatic heterocycles. The molecule has 4 nitrogen and oxygen atoms in total. The van der Waals surface area contributed by atoms with Gasteiger partial charge in [0.1, 0.15) is 0 Å². The highest BCUT2D eigenvalue weighted by Gasteiger charge is 2.13. The van der Waals surface area contributed by atoms with E-state index in [1.165, 1.54) is 12.8 Å². The van der Waals surface area contributed by atoms with E-state index in [-0.39, 0.29) is 0 Å². The van der Waals surface area contributed by atoms with Gasteiger partial charge < -0.3 is 10.1 Å². The number of nitrogens with zero attached hydrogens (tertiary/aromatic N) is 2. The fraction of sp³-hybridized carbons (Fsp3) is 0.750. The van der Waals surface area contributed by atoms with Gasteiger partial charge in [0.15, 0.2) is 0 Å². The van der Waals surface area contributed by atoms with Crippen molar-refractivity contribution in [2.45, 2.75) is 26.4 Å². The van der Waals surface area contributed by atoms with Crippen LogP contribution in [0, 0.1) is 12.8 Å². The molecule has 1 aromatic rings. The monoisotopic (exact) mass is 223 g/mol. The van der Waals surface area contributed by atoms with E-state index in [1.54, 1.807) is 0 Å². The normalized spacial score (nSPS) is 17.9. The van der Waals surface area contributed by atoms with Gasteiger partial charge in [0.2, 0.25) is 0 Å². The lowest BCUT2D eigenvalue weighted by Gasteiger charge is -2.22. The molecule has 0 unspecified atom stereocenters. The van der Waals surface area contributed by atoms with Crippen LogP contribution in [0.25, 0.3) is 0 Å². The van der Waals surface area contributed by atoms with Gasteiger partial charge in [-0.2, -0.15) is 5.10 Å². The van der Waals surface area contributed by atoms with Crippen molar-refractivity contribution >= 4 is 0 Å². The zero-order valence-corrected chi connectivity index (χ0v) is 10.2. The van der Waals surface area contributed by atoms with E-state index in [0.29, 0.717) is 6.61 Å². The number of hydrogen-bond donors (Lipinski definition) is 1. The zero-order chi connectivity index (χ0) is 11.4. The summed E-state index contributed by atoms with van der Waals surface area (Å²) < 4.78 is 7.67. The summed E-state index contributed by atoms with van der Waals surface area (Å²) in [5.74, 6) is 0.732. The second-order valence-electron chi connectivity index (χ2n) is 4.61. The first-order chi connectivity index (χ1) is 7.75. The number of aromatic nitrogens is 2. The minimum atomic E-state index is 0.682. The third kappa shape index (κ3) is 3.06. The SMILES string of the molecule is Cc1cc(COCC2CCNCC2)n(C)n1. The van der Waals surface area contributed by atoms with E-state index in [4.69, 9.17) is 4.74 Å². The summed E-state index contributed by atoms with van der Waals surface area (Å²) in [6, 6.07) is 2.09. The zero-order valence-electron chi connectivity index (χ0n) is 10.2. The van der Waals surface area contributed by atoms with Crippen molar-refractivity contribution in [3.05, 3.63) is 17.5 Å². The van der Waals surface area contributed by atoms with Gasteiger partial charge in [-0.25, -0.2) is 0 Å². The van der Waals surface area contributed by atoms with Crippen molar-refractivity contribution in [2.75, 3.05) is 19.7 Å². The van der Waals surface area contributed by atoms with Crippen molar-refractivity contribution in [3.63, 3.8) is 0 Å². The molecule has 90 valence electrons. The van der Waals surface area contributed by atoms with Crippen LogP contribution in [0.5, 0.6) is 0 Å². The van der Waals surface area contributed by atoms with Crippen LogP contribution in [-0.4, -0.2) is 29.5 Å². The minimum absolute atomic E-state index is 0.682. The molecule has 0 spiro atoms. The maximum absolute atomic E-state index is 5.76. The number of piperidine rings is 1. The van der Waals surface area contributed by atoms with Gasteiger partial charge in [-0.3, -0.25) is 4.68 Å². The van der Waals surface area contributed by atoms with Crippen molar-refractivity contribution in [1.82, 2.24) is 15.1 Å². The summed E-state index contributed by atoms with van der Waals surface area (Å²) >= 11 is 0. The molecule has 1 aliphatic rings. The Labute approximate surface area is 97.0 Å². The third-order valence-corrected chi connectivity index (χ3v) is 3.16. The standard InChI is InChI=1S/C12H21N3O/c1-10-7-12(15(2)14-10)9-16-8-11-3-5-13-6-4-11/h7,11,13H,3-6,8-9H2,1-2H3. The van der Waals surface area contributed by atoms with E-state index < -0.39 is 0 Å². The van der Waals surface area contributed by atoms with Gasteiger partial charge in [0, 0.05) is 7.05 Å². The number of hydrogen-bond acceptors (Lipinski definition) is 3. The highest BCUT2D eigenvalue weighted by Crippen LogP contribution is 2.13. The Bertz CT molecular complexity index is 329. The second-order valence-corrected chi connectivity index (χ2v) is 4.61. The topological polar surface area (TPSA) is 39.1 Å². The molecule has 0 aromatic carbocycles. The van der Waals surface area contributed by atoms with Crippen molar-refractivity contribution in [3.8, 4) is 0 Å². The van der Waals surface area contributed by atoms with E-state index in [2.05, 4.69) is 16.5 Å². The fourth-order valence-corrected chi connectivity index (χ4v) is 2.18. The first-order valence-electron chi connectivity index (χ1n) is 6.03. The molecule has 1 N–H and O–H groups in total. The molecule has 0 radical (unpaired) electrons. The Morgan fingerprint density at radius 1 is 1.50 bits per heavy atom. The van der Waals surface area contributed by atoms with E-state index in [0.717, 1.165) is 37.0 Å². The van der Waals surface area contributed by atoms with Crippen LogP contribution in [0.2, 0.25) is 0 Å². The number of nitrogens with one attached hydrogen (secondary N) is 1. The predicted molar refractivity (Wildman–Crippen MR) is 63.2 cm³/mol.